The highest BCUT2D eigenvalue weighted by molar-refractivity contribution is 7.98. The van der Waals surface area contributed by atoms with Crippen LogP contribution in [0.25, 0.3) is 22.3 Å². The molecule has 0 saturated carbocycles. The summed E-state index contributed by atoms with van der Waals surface area (Å²) in [4.78, 5) is 3.24. The van der Waals surface area contributed by atoms with Crippen LogP contribution in [0.15, 0.2) is 53.8 Å². The van der Waals surface area contributed by atoms with Crippen molar-refractivity contribution in [1.29, 1.82) is 0 Å². The van der Waals surface area contributed by atoms with Gasteiger partial charge in [-0.25, -0.2) is 4.39 Å². The molecule has 0 aliphatic rings. The number of aromatic amines is 1. The van der Waals surface area contributed by atoms with Crippen LogP contribution in [0.1, 0.15) is 5.56 Å². The van der Waals surface area contributed by atoms with Gasteiger partial charge in [0, 0.05) is 46.0 Å². The van der Waals surface area contributed by atoms with Crippen LogP contribution in [0.2, 0.25) is 5.02 Å². The van der Waals surface area contributed by atoms with E-state index in [-0.39, 0.29) is 5.82 Å². The predicted octanol–water partition coefficient (Wildman–Crippen LogP) is 5.05. The summed E-state index contributed by atoms with van der Waals surface area (Å²) in [7, 11) is 1.91. The third-order valence-corrected chi connectivity index (χ3v) is 5.47. The third-order valence-electron chi connectivity index (χ3n) is 4.07. The Morgan fingerprint density at radius 3 is 2.84 bits per heavy atom. The first-order chi connectivity index (χ1) is 12.1. The van der Waals surface area contributed by atoms with Gasteiger partial charge in [0.15, 0.2) is 11.0 Å². The van der Waals surface area contributed by atoms with E-state index in [2.05, 4.69) is 15.2 Å². The molecule has 0 radical (unpaired) electrons. The summed E-state index contributed by atoms with van der Waals surface area (Å²) in [5.74, 6) is 0.851. The number of H-pyrrole nitrogens is 1. The van der Waals surface area contributed by atoms with E-state index in [9.17, 15) is 4.39 Å². The Morgan fingerprint density at radius 1 is 1.16 bits per heavy atom. The number of thioether (sulfide) groups is 1. The van der Waals surface area contributed by atoms with E-state index in [0.717, 1.165) is 22.3 Å². The number of nitrogens with zero attached hydrogens (tertiary/aromatic N) is 3. The van der Waals surface area contributed by atoms with Crippen LogP contribution in [0, 0.1) is 5.82 Å². The van der Waals surface area contributed by atoms with Crippen LogP contribution >= 0.6 is 23.4 Å². The molecule has 0 aliphatic carbocycles. The molecule has 0 atom stereocenters. The van der Waals surface area contributed by atoms with Gasteiger partial charge in [-0.2, -0.15) is 0 Å². The highest BCUT2D eigenvalue weighted by Gasteiger charge is 2.16. The zero-order chi connectivity index (χ0) is 17.4. The smallest absolute Gasteiger partial charge is 0.191 e. The fourth-order valence-corrected chi connectivity index (χ4v) is 3.99. The molecule has 0 spiro atoms. The van der Waals surface area contributed by atoms with E-state index >= 15 is 0 Å². The molecule has 0 fully saturated rings. The van der Waals surface area contributed by atoms with Gasteiger partial charge >= 0.3 is 0 Å². The maximum absolute atomic E-state index is 13.9. The van der Waals surface area contributed by atoms with Crippen molar-refractivity contribution < 1.29 is 4.39 Å². The zero-order valence-corrected chi connectivity index (χ0v) is 14.9. The van der Waals surface area contributed by atoms with Crippen molar-refractivity contribution in [2.45, 2.75) is 10.9 Å². The highest BCUT2D eigenvalue weighted by atomic mass is 35.5. The molecule has 0 aliphatic heterocycles. The molecule has 0 unspecified atom stereocenters. The number of fused-ring (bicyclic) bond motifs is 1. The monoisotopic (exact) mass is 372 g/mol. The Kier molecular flexibility index (Phi) is 4.23. The van der Waals surface area contributed by atoms with Crippen molar-refractivity contribution >= 4 is 34.3 Å². The third kappa shape index (κ3) is 2.92. The molecule has 25 heavy (non-hydrogen) atoms. The fraction of sp³-hybridized carbons (Fsp3) is 0.111. The SMILES string of the molecule is Cn1c(SCc2c(F)cccc2Cl)nnc1-c1c[nH]c2ccccc12. The van der Waals surface area contributed by atoms with Crippen LogP contribution in [0.4, 0.5) is 4.39 Å². The molecule has 126 valence electrons. The van der Waals surface area contributed by atoms with Crippen LogP contribution in [0.3, 0.4) is 0 Å². The molecule has 0 bridgehead atoms. The lowest BCUT2D eigenvalue weighted by Gasteiger charge is -2.06. The predicted molar refractivity (Wildman–Crippen MR) is 99.3 cm³/mol. The Hall–Kier alpha value is -2.31. The van der Waals surface area contributed by atoms with Gasteiger partial charge in [0.05, 0.1) is 0 Å². The van der Waals surface area contributed by atoms with E-state index in [0.29, 0.717) is 21.5 Å². The van der Waals surface area contributed by atoms with E-state index < -0.39 is 0 Å². The van der Waals surface area contributed by atoms with Crippen LogP contribution < -0.4 is 0 Å². The zero-order valence-electron chi connectivity index (χ0n) is 13.3. The topological polar surface area (TPSA) is 46.5 Å². The standard InChI is InChI=1S/C18H14ClFN4S/c1-24-17(12-9-21-16-8-3-2-5-11(12)16)22-23-18(24)25-10-13-14(19)6-4-7-15(13)20/h2-9,21H,10H2,1H3. The lowest BCUT2D eigenvalue weighted by Crippen LogP contribution is -1.96. The number of hydrogen-bond acceptors (Lipinski definition) is 3. The summed E-state index contributed by atoms with van der Waals surface area (Å²) in [6.45, 7) is 0. The molecule has 4 aromatic rings. The maximum atomic E-state index is 13.9. The van der Waals surface area contributed by atoms with E-state index in [4.69, 9.17) is 11.6 Å². The molecular formula is C18H14ClFN4S. The fourth-order valence-electron chi connectivity index (χ4n) is 2.74. The summed E-state index contributed by atoms with van der Waals surface area (Å²) in [6, 6.07) is 12.7. The summed E-state index contributed by atoms with van der Waals surface area (Å²) < 4.78 is 15.8. The van der Waals surface area contributed by atoms with Crippen LogP contribution in [-0.4, -0.2) is 19.7 Å². The highest BCUT2D eigenvalue weighted by Crippen LogP contribution is 2.31. The Morgan fingerprint density at radius 2 is 2.00 bits per heavy atom. The molecule has 7 heteroatoms. The Bertz CT molecular complexity index is 1040. The minimum Gasteiger partial charge on any atom is -0.360 e. The average Bonchev–Trinajstić information content (AvgIpc) is 3.18. The number of aromatic nitrogens is 4. The number of nitrogens with one attached hydrogen (secondary N) is 1. The quantitative estimate of drug-likeness (QED) is 0.510. The second-order valence-corrected chi connectivity index (χ2v) is 6.95. The van der Waals surface area contributed by atoms with E-state index in [1.54, 1.807) is 12.1 Å². The Labute approximate surface area is 153 Å². The molecule has 2 aromatic heterocycles. The molecule has 1 N–H and O–H groups in total. The van der Waals surface area contributed by atoms with Crippen molar-refractivity contribution in [3.63, 3.8) is 0 Å². The summed E-state index contributed by atoms with van der Waals surface area (Å²) in [5, 5.41) is 10.8. The summed E-state index contributed by atoms with van der Waals surface area (Å²) in [5.41, 5.74) is 2.51. The number of benzene rings is 2. The van der Waals surface area contributed by atoms with Crippen LogP contribution in [0.5, 0.6) is 0 Å². The van der Waals surface area contributed by atoms with Crippen LogP contribution in [-0.2, 0) is 12.8 Å². The first-order valence-electron chi connectivity index (χ1n) is 7.66. The molecule has 2 aromatic carbocycles. The van der Waals surface area contributed by atoms with Gasteiger partial charge in [-0.15, -0.1) is 10.2 Å². The lowest BCUT2D eigenvalue weighted by molar-refractivity contribution is 0.617. The van der Waals surface area contributed by atoms with Gasteiger partial charge in [-0.1, -0.05) is 47.6 Å². The molecule has 0 saturated heterocycles. The molecule has 4 nitrogen and oxygen atoms in total. The molecular weight excluding hydrogens is 359 g/mol. The van der Waals surface area contributed by atoms with Crippen molar-refractivity contribution in [1.82, 2.24) is 19.7 Å². The van der Waals surface area contributed by atoms with Gasteiger partial charge < -0.3 is 9.55 Å². The lowest BCUT2D eigenvalue weighted by atomic mass is 10.1. The van der Waals surface area contributed by atoms with Crippen molar-refractivity contribution in [3.05, 3.63) is 65.1 Å². The number of hydrogen-bond donors (Lipinski definition) is 1. The number of para-hydroxylation sites is 1. The normalized spacial score (nSPS) is 11.3. The summed E-state index contributed by atoms with van der Waals surface area (Å²) in [6.07, 6.45) is 1.93. The average molecular weight is 373 g/mol. The number of halogens is 2. The molecule has 0 amide bonds. The van der Waals surface area contributed by atoms with Crippen molar-refractivity contribution in [2.75, 3.05) is 0 Å². The van der Waals surface area contributed by atoms with E-state index in [1.165, 1.54) is 17.8 Å². The first kappa shape index (κ1) is 16.2. The minimum atomic E-state index is -0.306. The molecule has 4 rings (SSSR count). The van der Waals surface area contributed by atoms with Crippen molar-refractivity contribution in [3.8, 4) is 11.4 Å². The van der Waals surface area contributed by atoms with Gasteiger partial charge in [0.2, 0.25) is 0 Å². The maximum Gasteiger partial charge on any atom is 0.191 e. The second-order valence-electron chi connectivity index (χ2n) is 5.60. The van der Waals surface area contributed by atoms with Gasteiger partial charge in [0.1, 0.15) is 5.82 Å². The Balaban J connectivity index is 1.63. The summed E-state index contributed by atoms with van der Waals surface area (Å²) >= 11 is 7.49. The van der Waals surface area contributed by atoms with Gasteiger partial charge in [-0.05, 0) is 18.2 Å². The van der Waals surface area contributed by atoms with Gasteiger partial charge in [0.25, 0.3) is 0 Å². The van der Waals surface area contributed by atoms with Crippen molar-refractivity contribution in [2.24, 2.45) is 7.05 Å². The van der Waals surface area contributed by atoms with Gasteiger partial charge in [-0.3, -0.25) is 0 Å². The number of rotatable bonds is 4. The van der Waals surface area contributed by atoms with E-state index in [1.807, 2.05) is 42.1 Å². The minimum absolute atomic E-state index is 0.306. The largest absolute Gasteiger partial charge is 0.360 e. The second kappa shape index (κ2) is 6.54. The molecule has 2 heterocycles. The first-order valence-corrected chi connectivity index (χ1v) is 9.03.